The molecule has 194 valence electrons. The molecule has 0 saturated carbocycles. The van der Waals surface area contributed by atoms with Crippen LogP contribution in [0.25, 0.3) is 66.1 Å². The second kappa shape index (κ2) is 9.24. The third kappa shape index (κ3) is 3.40. The lowest BCUT2D eigenvalue weighted by Crippen LogP contribution is -2.01. The molecule has 8 rings (SSSR count). The fourth-order valence-electron chi connectivity index (χ4n) is 6.36. The Morgan fingerprint density at radius 1 is 0.405 bits per heavy atom. The van der Waals surface area contributed by atoms with Crippen molar-refractivity contribution >= 4 is 43.6 Å². The number of benzene rings is 6. The highest BCUT2D eigenvalue weighted by Gasteiger charge is 2.19. The van der Waals surface area contributed by atoms with E-state index in [9.17, 15) is 10.5 Å². The van der Waals surface area contributed by atoms with E-state index >= 15 is 0 Å². The quantitative estimate of drug-likeness (QED) is 0.227. The van der Waals surface area contributed by atoms with E-state index < -0.39 is 0 Å². The molecule has 0 saturated heterocycles. The molecule has 0 atom stereocenters. The van der Waals surface area contributed by atoms with Gasteiger partial charge < -0.3 is 9.13 Å². The van der Waals surface area contributed by atoms with Crippen LogP contribution in [0.5, 0.6) is 0 Å². The highest BCUT2D eigenvalue weighted by molar-refractivity contribution is 6.12. The Labute approximate surface area is 242 Å². The first-order valence-electron chi connectivity index (χ1n) is 13.8. The Kier molecular flexibility index (Phi) is 5.22. The normalized spacial score (nSPS) is 11.3. The molecular weight excluding hydrogens is 512 g/mol. The molecule has 4 heteroatoms. The smallest absolute Gasteiger partial charge is 0.101 e. The Hall–Kier alpha value is -6.10. The van der Waals surface area contributed by atoms with Crippen molar-refractivity contribution in [2.45, 2.75) is 0 Å². The number of nitrogens with zero attached hydrogens (tertiary/aromatic N) is 4. The summed E-state index contributed by atoms with van der Waals surface area (Å²) in [5.41, 5.74) is 9.11. The summed E-state index contributed by atoms with van der Waals surface area (Å²) in [5.74, 6) is 0. The molecule has 2 heterocycles. The van der Waals surface area contributed by atoms with Crippen LogP contribution in [0.1, 0.15) is 11.1 Å². The molecule has 2 aromatic heterocycles. The second-order valence-corrected chi connectivity index (χ2v) is 10.4. The minimum absolute atomic E-state index is 0.470. The molecular formula is C38H22N4. The van der Waals surface area contributed by atoms with Gasteiger partial charge in [0.1, 0.15) is 12.1 Å². The summed E-state index contributed by atoms with van der Waals surface area (Å²) in [5, 5.41) is 24.6. The van der Waals surface area contributed by atoms with Crippen molar-refractivity contribution in [3.63, 3.8) is 0 Å². The van der Waals surface area contributed by atoms with E-state index in [-0.39, 0.29) is 0 Å². The van der Waals surface area contributed by atoms with Crippen molar-refractivity contribution in [3.8, 4) is 34.6 Å². The van der Waals surface area contributed by atoms with Gasteiger partial charge in [0.25, 0.3) is 0 Å². The Morgan fingerprint density at radius 2 is 0.952 bits per heavy atom. The van der Waals surface area contributed by atoms with Crippen LogP contribution in [-0.2, 0) is 0 Å². The molecule has 0 fully saturated rings. The van der Waals surface area contributed by atoms with E-state index in [0.717, 1.165) is 44.1 Å². The van der Waals surface area contributed by atoms with Crippen LogP contribution in [0.2, 0.25) is 0 Å². The van der Waals surface area contributed by atoms with Gasteiger partial charge in [-0.25, -0.2) is 0 Å². The molecule has 4 nitrogen and oxygen atoms in total. The molecule has 0 amide bonds. The van der Waals surface area contributed by atoms with Crippen molar-refractivity contribution in [1.29, 1.82) is 10.5 Å². The van der Waals surface area contributed by atoms with Gasteiger partial charge in [-0.05, 0) is 65.7 Å². The van der Waals surface area contributed by atoms with Gasteiger partial charge in [0.05, 0.1) is 38.9 Å². The Morgan fingerprint density at radius 3 is 1.67 bits per heavy atom. The monoisotopic (exact) mass is 534 g/mol. The molecule has 0 aliphatic heterocycles. The summed E-state index contributed by atoms with van der Waals surface area (Å²) < 4.78 is 4.39. The summed E-state index contributed by atoms with van der Waals surface area (Å²) in [4.78, 5) is 0. The van der Waals surface area contributed by atoms with E-state index in [2.05, 4.69) is 118 Å². The average molecular weight is 535 g/mol. The van der Waals surface area contributed by atoms with Crippen LogP contribution in [0.4, 0.5) is 0 Å². The van der Waals surface area contributed by atoms with Gasteiger partial charge in [-0.1, -0.05) is 78.9 Å². The number of hydrogen-bond donors (Lipinski definition) is 0. The fourth-order valence-corrected chi connectivity index (χ4v) is 6.36. The number of nitriles is 2. The van der Waals surface area contributed by atoms with E-state index in [0.29, 0.717) is 16.8 Å². The molecule has 0 bridgehead atoms. The minimum Gasteiger partial charge on any atom is -0.309 e. The van der Waals surface area contributed by atoms with Gasteiger partial charge in [0.2, 0.25) is 0 Å². The van der Waals surface area contributed by atoms with Crippen LogP contribution >= 0.6 is 0 Å². The Bertz CT molecular complexity index is 2400. The average Bonchev–Trinajstić information content (AvgIpc) is 3.56. The molecule has 0 radical (unpaired) electrons. The molecule has 0 aliphatic rings. The predicted octanol–water partition coefficient (Wildman–Crippen LogP) is 9.29. The second-order valence-electron chi connectivity index (χ2n) is 10.4. The number of fused-ring (bicyclic) bond motifs is 6. The van der Waals surface area contributed by atoms with E-state index in [1.54, 1.807) is 18.2 Å². The molecule has 0 aliphatic carbocycles. The zero-order valence-electron chi connectivity index (χ0n) is 22.5. The third-order valence-corrected chi connectivity index (χ3v) is 8.19. The van der Waals surface area contributed by atoms with Crippen molar-refractivity contribution in [2.24, 2.45) is 0 Å². The molecule has 0 N–H and O–H groups in total. The largest absolute Gasteiger partial charge is 0.309 e. The number of aromatic nitrogens is 2. The first-order valence-corrected chi connectivity index (χ1v) is 13.8. The summed E-state index contributed by atoms with van der Waals surface area (Å²) in [6.45, 7) is 0. The van der Waals surface area contributed by atoms with E-state index in [1.807, 2.05) is 18.2 Å². The Balaban J connectivity index is 1.41. The van der Waals surface area contributed by atoms with Crippen molar-refractivity contribution in [2.75, 3.05) is 0 Å². The van der Waals surface area contributed by atoms with E-state index in [1.165, 1.54) is 16.3 Å². The lowest BCUT2D eigenvalue weighted by Gasteiger charge is -2.12. The van der Waals surface area contributed by atoms with Gasteiger partial charge in [-0.3, -0.25) is 0 Å². The topological polar surface area (TPSA) is 57.4 Å². The summed E-state index contributed by atoms with van der Waals surface area (Å²) in [7, 11) is 0. The van der Waals surface area contributed by atoms with Gasteiger partial charge in [-0.15, -0.1) is 0 Å². The highest BCUT2D eigenvalue weighted by atomic mass is 15.0. The highest BCUT2D eigenvalue weighted by Crippen LogP contribution is 2.39. The first kappa shape index (κ1) is 23.8. The lowest BCUT2D eigenvalue weighted by atomic mass is 10.0. The van der Waals surface area contributed by atoms with E-state index in [4.69, 9.17) is 0 Å². The SMILES string of the molecule is N#Cc1cccc(C#N)c1-n1c2ccccc2c2ccc(-c3ccc4c(c3)c3ccccc3n4-c3ccccc3)cc21. The summed E-state index contributed by atoms with van der Waals surface area (Å²) >= 11 is 0. The zero-order valence-corrected chi connectivity index (χ0v) is 22.5. The minimum atomic E-state index is 0.470. The molecule has 42 heavy (non-hydrogen) atoms. The third-order valence-electron chi connectivity index (χ3n) is 8.19. The van der Waals surface area contributed by atoms with Crippen molar-refractivity contribution in [1.82, 2.24) is 9.13 Å². The van der Waals surface area contributed by atoms with Gasteiger partial charge >= 0.3 is 0 Å². The van der Waals surface area contributed by atoms with Crippen molar-refractivity contribution in [3.05, 3.63) is 145 Å². The van der Waals surface area contributed by atoms with Crippen molar-refractivity contribution < 1.29 is 0 Å². The number of rotatable bonds is 3. The van der Waals surface area contributed by atoms with Crippen LogP contribution in [-0.4, -0.2) is 9.13 Å². The first-order chi connectivity index (χ1) is 20.8. The van der Waals surface area contributed by atoms with Crippen LogP contribution in [0.15, 0.2) is 133 Å². The summed E-state index contributed by atoms with van der Waals surface area (Å²) in [6.07, 6.45) is 0. The molecule has 6 aromatic carbocycles. The number of hydrogen-bond acceptors (Lipinski definition) is 2. The van der Waals surface area contributed by atoms with Gasteiger partial charge in [0.15, 0.2) is 0 Å². The molecule has 8 aromatic rings. The van der Waals surface area contributed by atoms with Gasteiger partial charge in [-0.2, -0.15) is 10.5 Å². The standard InChI is InChI=1S/C38H22N4/c39-23-27-9-8-10-28(24-40)38(27)42-35-16-7-4-13-30(35)32-19-17-26(22-37(32)42)25-18-20-36-33(21-25)31-14-5-6-15-34(31)41(36)29-11-2-1-3-12-29/h1-22H. The van der Waals surface area contributed by atoms with Crippen LogP contribution in [0.3, 0.4) is 0 Å². The fraction of sp³-hybridized carbons (Fsp3) is 0. The zero-order chi connectivity index (χ0) is 28.2. The summed E-state index contributed by atoms with van der Waals surface area (Å²) in [6, 6.07) is 50.3. The predicted molar refractivity (Wildman–Crippen MR) is 170 cm³/mol. The molecule has 0 unspecified atom stereocenters. The van der Waals surface area contributed by atoms with Gasteiger partial charge in [0, 0.05) is 27.2 Å². The van der Waals surface area contributed by atoms with Crippen LogP contribution in [0, 0.1) is 22.7 Å². The number of para-hydroxylation sites is 4. The lowest BCUT2D eigenvalue weighted by molar-refractivity contribution is 1.15. The maximum atomic E-state index is 10.0. The maximum absolute atomic E-state index is 10.0. The van der Waals surface area contributed by atoms with Crippen LogP contribution < -0.4 is 0 Å². The molecule has 0 spiro atoms. The maximum Gasteiger partial charge on any atom is 0.101 e.